The normalized spacial score (nSPS) is 11.1. The minimum Gasteiger partial charge on any atom is -0.352 e. The number of nitrogens with one attached hydrogen (secondary N) is 1. The second kappa shape index (κ2) is 8.60. The average molecular weight is 415 g/mol. The van der Waals surface area contributed by atoms with Crippen LogP contribution in [-0.4, -0.2) is 20.1 Å². The molecule has 6 heteroatoms. The van der Waals surface area contributed by atoms with Crippen molar-refractivity contribution < 1.29 is 4.79 Å². The highest BCUT2D eigenvalue weighted by Gasteiger charge is 2.11. The third-order valence-corrected chi connectivity index (χ3v) is 5.56. The molecule has 2 aromatic heterocycles. The number of hydrogen-bond donors (Lipinski definition) is 1. The number of aryl methyl sites for hydroxylation is 4. The number of rotatable bonds is 6. The van der Waals surface area contributed by atoms with Crippen molar-refractivity contribution in [2.24, 2.45) is 0 Å². The third kappa shape index (κ3) is 4.58. The maximum absolute atomic E-state index is 12.9. The van der Waals surface area contributed by atoms with Crippen LogP contribution in [0.15, 0.2) is 65.7 Å². The molecule has 0 spiro atoms. The number of fused-ring (bicyclic) bond motifs is 1. The predicted octanol–water partition coefficient (Wildman–Crippen LogP) is 3.79. The first-order valence-electron chi connectivity index (χ1n) is 10.4. The van der Waals surface area contributed by atoms with Crippen LogP contribution in [0, 0.1) is 20.8 Å². The van der Waals surface area contributed by atoms with Crippen molar-refractivity contribution in [3.8, 4) is 11.3 Å². The summed E-state index contributed by atoms with van der Waals surface area (Å²) in [4.78, 5) is 25.1. The van der Waals surface area contributed by atoms with Gasteiger partial charge in [0.25, 0.3) is 5.56 Å². The van der Waals surface area contributed by atoms with E-state index in [4.69, 9.17) is 0 Å². The Morgan fingerprint density at radius 3 is 2.61 bits per heavy atom. The van der Waals surface area contributed by atoms with Crippen molar-refractivity contribution in [2.45, 2.75) is 40.3 Å². The van der Waals surface area contributed by atoms with E-state index in [1.165, 1.54) is 11.1 Å². The van der Waals surface area contributed by atoms with Gasteiger partial charge in [0.1, 0.15) is 5.52 Å². The molecule has 0 aliphatic rings. The monoisotopic (exact) mass is 414 g/mol. The van der Waals surface area contributed by atoms with Crippen LogP contribution in [0.25, 0.3) is 16.8 Å². The Balaban J connectivity index is 1.46. The Bertz CT molecular complexity index is 1320. The van der Waals surface area contributed by atoms with Crippen LogP contribution in [0.2, 0.25) is 0 Å². The fraction of sp³-hybridized carbons (Fsp3) is 0.240. The van der Waals surface area contributed by atoms with Gasteiger partial charge < -0.3 is 9.88 Å². The predicted molar refractivity (Wildman–Crippen MR) is 122 cm³/mol. The molecule has 1 N–H and O–H groups in total. The molecule has 1 amide bonds. The van der Waals surface area contributed by atoms with Gasteiger partial charge in [-0.1, -0.05) is 42.0 Å². The largest absolute Gasteiger partial charge is 0.352 e. The van der Waals surface area contributed by atoms with E-state index in [1.54, 1.807) is 27.5 Å². The molecule has 158 valence electrons. The minimum atomic E-state index is -0.156. The Morgan fingerprint density at radius 1 is 1.00 bits per heavy atom. The summed E-state index contributed by atoms with van der Waals surface area (Å²) in [7, 11) is 0. The molecule has 4 rings (SSSR count). The SMILES string of the molecule is Cc1cccc(CNC(=O)CCn2ccn3nc(-c4ccc(C)c(C)c4)cc3c2=O)c1. The zero-order valence-electron chi connectivity index (χ0n) is 18.1. The summed E-state index contributed by atoms with van der Waals surface area (Å²) in [6.07, 6.45) is 3.67. The van der Waals surface area contributed by atoms with E-state index in [1.807, 2.05) is 37.3 Å². The van der Waals surface area contributed by atoms with Gasteiger partial charge in [0.05, 0.1) is 5.69 Å². The first-order valence-corrected chi connectivity index (χ1v) is 10.4. The molecule has 0 aliphatic heterocycles. The second-order valence-electron chi connectivity index (χ2n) is 7.97. The number of carbonyl (C=O) groups excluding carboxylic acids is 1. The van der Waals surface area contributed by atoms with Crippen LogP contribution in [0.3, 0.4) is 0 Å². The second-order valence-corrected chi connectivity index (χ2v) is 7.97. The number of aromatic nitrogens is 3. The van der Waals surface area contributed by atoms with Gasteiger partial charge in [-0.05, 0) is 49.6 Å². The third-order valence-electron chi connectivity index (χ3n) is 5.56. The van der Waals surface area contributed by atoms with E-state index in [-0.39, 0.29) is 17.9 Å². The molecule has 31 heavy (non-hydrogen) atoms. The highest BCUT2D eigenvalue weighted by atomic mass is 16.1. The Labute approximate surface area is 181 Å². The van der Waals surface area contributed by atoms with Crippen LogP contribution in [0.1, 0.15) is 28.7 Å². The van der Waals surface area contributed by atoms with Crippen molar-refractivity contribution in [2.75, 3.05) is 0 Å². The smallest absolute Gasteiger partial charge is 0.276 e. The van der Waals surface area contributed by atoms with Gasteiger partial charge >= 0.3 is 0 Å². The molecular weight excluding hydrogens is 388 g/mol. The van der Waals surface area contributed by atoms with Crippen molar-refractivity contribution in [3.63, 3.8) is 0 Å². The van der Waals surface area contributed by atoms with Gasteiger partial charge in [-0.2, -0.15) is 5.10 Å². The molecule has 0 atom stereocenters. The number of nitrogens with zero attached hydrogens (tertiary/aromatic N) is 3. The molecule has 0 saturated heterocycles. The summed E-state index contributed by atoms with van der Waals surface area (Å²) in [5, 5.41) is 7.46. The van der Waals surface area contributed by atoms with Crippen molar-refractivity contribution in [1.29, 1.82) is 0 Å². The Hall–Kier alpha value is -3.67. The zero-order chi connectivity index (χ0) is 22.0. The molecule has 0 aliphatic carbocycles. The number of amides is 1. The van der Waals surface area contributed by atoms with E-state index in [9.17, 15) is 9.59 Å². The van der Waals surface area contributed by atoms with Gasteiger partial charge in [0.2, 0.25) is 5.91 Å². The van der Waals surface area contributed by atoms with Gasteiger partial charge in [-0.15, -0.1) is 0 Å². The van der Waals surface area contributed by atoms with Crippen LogP contribution in [0.5, 0.6) is 0 Å². The fourth-order valence-electron chi connectivity index (χ4n) is 3.58. The lowest BCUT2D eigenvalue weighted by Gasteiger charge is -2.08. The van der Waals surface area contributed by atoms with Crippen LogP contribution < -0.4 is 10.9 Å². The number of hydrogen-bond acceptors (Lipinski definition) is 3. The van der Waals surface area contributed by atoms with E-state index in [0.717, 1.165) is 22.4 Å². The minimum absolute atomic E-state index is 0.0855. The van der Waals surface area contributed by atoms with Crippen molar-refractivity contribution in [3.05, 3.63) is 93.5 Å². The lowest BCUT2D eigenvalue weighted by Crippen LogP contribution is -2.27. The molecule has 0 radical (unpaired) electrons. The first-order chi connectivity index (χ1) is 14.9. The van der Waals surface area contributed by atoms with Gasteiger partial charge in [0, 0.05) is 37.5 Å². The topological polar surface area (TPSA) is 68.4 Å². The molecule has 2 aromatic carbocycles. The van der Waals surface area contributed by atoms with Crippen LogP contribution in [0.4, 0.5) is 0 Å². The number of benzene rings is 2. The molecule has 0 fully saturated rings. The van der Waals surface area contributed by atoms with E-state index >= 15 is 0 Å². The van der Waals surface area contributed by atoms with E-state index < -0.39 is 0 Å². The summed E-state index contributed by atoms with van der Waals surface area (Å²) in [6.45, 7) is 6.95. The molecule has 0 unspecified atom stereocenters. The summed E-state index contributed by atoms with van der Waals surface area (Å²) in [5.41, 5.74) is 6.70. The van der Waals surface area contributed by atoms with E-state index in [2.05, 4.69) is 36.4 Å². The van der Waals surface area contributed by atoms with Crippen LogP contribution in [-0.2, 0) is 17.9 Å². The average Bonchev–Trinajstić information content (AvgIpc) is 3.19. The van der Waals surface area contributed by atoms with Gasteiger partial charge in [0.15, 0.2) is 0 Å². The highest BCUT2D eigenvalue weighted by Crippen LogP contribution is 2.21. The lowest BCUT2D eigenvalue weighted by atomic mass is 10.0. The Kier molecular flexibility index (Phi) is 5.71. The fourth-order valence-corrected chi connectivity index (χ4v) is 3.58. The number of carbonyl (C=O) groups is 1. The quantitative estimate of drug-likeness (QED) is 0.522. The first kappa shape index (κ1) is 20.6. The maximum Gasteiger partial charge on any atom is 0.276 e. The highest BCUT2D eigenvalue weighted by molar-refractivity contribution is 5.75. The molecular formula is C25H26N4O2. The molecule has 6 nitrogen and oxygen atoms in total. The molecule has 0 saturated carbocycles. The van der Waals surface area contributed by atoms with E-state index in [0.29, 0.717) is 18.6 Å². The summed E-state index contributed by atoms with van der Waals surface area (Å²) in [5.74, 6) is -0.0855. The van der Waals surface area contributed by atoms with Gasteiger partial charge in [-0.3, -0.25) is 9.59 Å². The lowest BCUT2D eigenvalue weighted by molar-refractivity contribution is -0.121. The summed E-state index contributed by atoms with van der Waals surface area (Å²) in [6, 6.07) is 16.0. The maximum atomic E-state index is 12.9. The van der Waals surface area contributed by atoms with Crippen molar-refractivity contribution >= 4 is 11.4 Å². The molecule has 0 bridgehead atoms. The van der Waals surface area contributed by atoms with Crippen molar-refractivity contribution in [1.82, 2.24) is 19.5 Å². The van der Waals surface area contributed by atoms with Crippen LogP contribution >= 0.6 is 0 Å². The van der Waals surface area contributed by atoms with Gasteiger partial charge in [-0.25, -0.2) is 4.52 Å². The molecule has 2 heterocycles. The Morgan fingerprint density at radius 2 is 1.84 bits per heavy atom. The standard InChI is InChI=1S/C25H26N4O2/c1-17-5-4-6-20(13-17)16-26-24(30)9-10-28-11-12-29-23(25(28)31)15-22(27-29)21-8-7-18(2)19(3)14-21/h4-8,11-15H,9-10,16H2,1-3H3,(H,26,30). The molecule has 4 aromatic rings. The zero-order valence-corrected chi connectivity index (χ0v) is 18.1. The summed E-state index contributed by atoms with van der Waals surface area (Å²) >= 11 is 0. The summed E-state index contributed by atoms with van der Waals surface area (Å²) < 4.78 is 3.16.